The summed E-state index contributed by atoms with van der Waals surface area (Å²) in [7, 11) is 1.72. The smallest absolute Gasteiger partial charge is 0.180 e. The Kier molecular flexibility index (Phi) is 3.04. The average Bonchev–Trinajstić information content (AvgIpc) is 1.95. The summed E-state index contributed by atoms with van der Waals surface area (Å²) in [6.07, 6.45) is 2.42. The third kappa shape index (κ3) is 2.28. The zero-order chi connectivity index (χ0) is 8.27. The molecule has 0 atom stereocenters. The molecular weight excluding hydrogens is 162 g/mol. The maximum atomic E-state index is 5.10. The van der Waals surface area contributed by atoms with Gasteiger partial charge >= 0.3 is 0 Å². The minimum Gasteiger partial charge on any atom is -0.381 e. The van der Waals surface area contributed by atoms with Crippen LogP contribution in [0.4, 0.5) is 0 Å². The number of rotatable bonds is 2. The third-order valence-corrected chi connectivity index (χ3v) is 2.13. The molecule has 0 aromatic carbocycles. The highest BCUT2D eigenvalue weighted by molar-refractivity contribution is 7.80. The molecule has 0 heterocycles. The first-order chi connectivity index (χ1) is 5.26. The van der Waals surface area contributed by atoms with Crippen molar-refractivity contribution in [2.75, 3.05) is 7.11 Å². The maximum Gasteiger partial charge on any atom is 0.180 e. The molecule has 0 amide bonds. The van der Waals surface area contributed by atoms with Gasteiger partial charge in [-0.3, -0.25) is 0 Å². The second kappa shape index (κ2) is 3.85. The second-order valence-corrected chi connectivity index (χ2v) is 3.05. The SMILES string of the molecule is COC1CC(NC(=S)NN)C1. The maximum absolute atomic E-state index is 5.10. The summed E-state index contributed by atoms with van der Waals surface area (Å²) in [5, 5.41) is 3.55. The summed E-state index contributed by atoms with van der Waals surface area (Å²) in [5.74, 6) is 5.08. The molecule has 0 bridgehead atoms. The van der Waals surface area contributed by atoms with Gasteiger partial charge in [0.15, 0.2) is 5.11 Å². The van der Waals surface area contributed by atoms with Crippen molar-refractivity contribution in [3.63, 3.8) is 0 Å². The predicted octanol–water partition coefficient (Wildman–Crippen LogP) is -0.498. The van der Waals surface area contributed by atoms with Crippen LogP contribution in [0.25, 0.3) is 0 Å². The van der Waals surface area contributed by atoms with E-state index < -0.39 is 0 Å². The zero-order valence-electron chi connectivity index (χ0n) is 6.46. The minimum absolute atomic E-state index is 0.396. The molecule has 0 saturated heterocycles. The van der Waals surface area contributed by atoms with Crippen LogP contribution in [0.15, 0.2) is 0 Å². The van der Waals surface area contributed by atoms with E-state index in [1.54, 1.807) is 7.11 Å². The van der Waals surface area contributed by atoms with E-state index >= 15 is 0 Å². The Morgan fingerprint density at radius 1 is 1.64 bits per heavy atom. The van der Waals surface area contributed by atoms with E-state index in [1.807, 2.05) is 0 Å². The van der Waals surface area contributed by atoms with Gasteiger partial charge in [-0.2, -0.15) is 0 Å². The molecule has 0 aromatic rings. The number of hydrogen-bond donors (Lipinski definition) is 3. The highest BCUT2D eigenvalue weighted by atomic mass is 32.1. The fourth-order valence-corrected chi connectivity index (χ4v) is 1.27. The number of thiocarbonyl (C=S) groups is 1. The molecule has 1 saturated carbocycles. The Hall–Kier alpha value is -0.390. The molecule has 5 heteroatoms. The molecule has 0 unspecified atom stereocenters. The standard InChI is InChI=1S/C6H13N3OS/c1-10-5-2-4(3-5)8-6(11)9-7/h4-5H,2-3,7H2,1H3,(H2,8,9,11). The third-order valence-electron chi connectivity index (χ3n) is 1.89. The molecule has 0 aliphatic heterocycles. The van der Waals surface area contributed by atoms with Crippen molar-refractivity contribution in [3.05, 3.63) is 0 Å². The monoisotopic (exact) mass is 175 g/mol. The minimum atomic E-state index is 0.396. The first-order valence-corrected chi connectivity index (χ1v) is 3.97. The molecular formula is C6H13N3OS. The number of hydrogen-bond acceptors (Lipinski definition) is 3. The van der Waals surface area contributed by atoms with Gasteiger partial charge < -0.3 is 15.5 Å². The Bertz CT molecular complexity index is 147. The number of nitrogens with one attached hydrogen (secondary N) is 2. The molecule has 0 spiro atoms. The van der Waals surface area contributed by atoms with Gasteiger partial charge in [-0.1, -0.05) is 0 Å². The summed E-state index contributed by atoms with van der Waals surface area (Å²) in [4.78, 5) is 0. The Labute approximate surface area is 71.4 Å². The van der Waals surface area contributed by atoms with Crippen molar-refractivity contribution in [1.29, 1.82) is 0 Å². The van der Waals surface area contributed by atoms with Crippen LogP contribution < -0.4 is 16.6 Å². The van der Waals surface area contributed by atoms with Gasteiger partial charge in [0.05, 0.1) is 6.10 Å². The molecule has 0 aromatic heterocycles. The number of methoxy groups -OCH3 is 1. The quantitative estimate of drug-likeness (QED) is 0.300. The molecule has 64 valence electrons. The Balaban J connectivity index is 2.08. The van der Waals surface area contributed by atoms with Crippen LogP contribution in [-0.2, 0) is 4.74 Å². The Morgan fingerprint density at radius 3 is 2.73 bits per heavy atom. The average molecular weight is 175 g/mol. The molecule has 4 nitrogen and oxygen atoms in total. The van der Waals surface area contributed by atoms with Gasteiger partial charge in [-0.05, 0) is 25.1 Å². The van der Waals surface area contributed by atoms with Gasteiger partial charge in [0.25, 0.3) is 0 Å². The summed E-state index contributed by atoms with van der Waals surface area (Å²) in [5.41, 5.74) is 2.38. The molecule has 1 aliphatic carbocycles. The van der Waals surface area contributed by atoms with E-state index in [4.69, 9.17) is 22.8 Å². The molecule has 1 rings (SSSR count). The lowest BCUT2D eigenvalue weighted by Crippen LogP contribution is -2.51. The van der Waals surface area contributed by atoms with Gasteiger partial charge in [-0.25, -0.2) is 5.84 Å². The van der Waals surface area contributed by atoms with Crippen LogP contribution in [-0.4, -0.2) is 24.4 Å². The predicted molar refractivity (Wildman–Crippen MR) is 46.9 cm³/mol. The van der Waals surface area contributed by atoms with Crippen LogP contribution >= 0.6 is 12.2 Å². The van der Waals surface area contributed by atoms with Crippen molar-refractivity contribution < 1.29 is 4.74 Å². The second-order valence-electron chi connectivity index (χ2n) is 2.64. The summed E-state index contributed by atoms with van der Waals surface area (Å²) in [6.45, 7) is 0. The molecule has 11 heavy (non-hydrogen) atoms. The van der Waals surface area contributed by atoms with Crippen LogP contribution in [0, 0.1) is 0 Å². The fourth-order valence-electron chi connectivity index (χ4n) is 1.10. The number of hydrazine groups is 1. The van der Waals surface area contributed by atoms with Crippen molar-refractivity contribution in [2.45, 2.75) is 25.0 Å². The van der Waals surface area contributed by atoms with E-state index in [-0.39, 0.29) is 0 Å². The van der Waals surface area contributed by atoms with Crippen molar-refractivity contribution in [1.82, 2.24) is 10.7 Å². The molecule has 0 radical (unpaired) electrons. The van der Waals surface area contributed by atoms with Crippen LogP contribution in [0.3, 0.4) is 0 Å². The first-order valence-electron chi connectivity index (χ1n) is 3.56. The summed E-state index contributed by atoms with van der Waals surface area (Å²) >= 11 is 4.82. The van der Waals surface area contributed by atoms with E-state index in [2.05, 4.69) is 10.7 Å². The van der Waals surface area contributed by atoms with E-state index in [9.17, 15) is 0 Å². The number of ether oxygens (including phenoxy) is 1. The van der Waals surface area contributed by atoms with Crippen molar-refractivity contribution >= 4 is 17.3 Å². The highest BCUT2D eigenvalue weighted by Gasteiger charge is 2.28. The Morgan fingerprint density at radius 2 is 2.27 bits per heavy atom. The van der Waals surface area contributed by atoms with Crippen LogP contribution in [0.2, 0.25) is 0 Å². The van der Waals surface area contributed by atoms with E-state index in [0.29, 0.717) is 17.3 Å². The highest BCUT2D eigenvalue weighted by Crippen LogP contribution is 2.21. The van der Waals surface area contributed by atoms with Crippen LogP contribution in [0.5, 0.6) is 0 Å². The number of nitrogens with two attached hydrogens (primary N) is 1. The van der Waals surface area contributed by atoms with E-state index in [1.165, 1.54) is 0 Å². The van der Waals surface area contributed by atoms with Gasteiger partial charge in [-0.15, -0.1) is 0 Å². The lowest BCUT2D eigenvalue weighted by molar-refractivity contribution is 0.0226. The largest absolute Gasteiger partial charge is 0.381 e. The summed E-state index contributed by atoms with van der Waals surface area (Å²) in [6, 6.07) is 0.434. The van der Waals surface area contributed by atoms with Crippen LogP contribution in [0.1, 0.15) is 12.8 Å². The topological polar surface area (TPSA) is 59.3 Å². The first kappa shape index (κ1) is 8.70. The van der Waals surface area contributed by atoms with E-state index in [0.717, 1.165) is 12.8 Å². The van der Waals surface area contributed by atoms with Gasteiger partial charge in [0.1, 0.15) is 0 Å². The zero-order valence-corrected chi connectivity index (χ0v) is 7.28. The normalized spacial score (nSPS) is 28.9. The van der Waals surface area contributed by atoms with Gasteiger partial charge in [0, 0.05) is 13.2 Å². The molecule has 1 aliphatic rings. The molecule has 4 N–H and O–H groups in total. The molecule has 1 fully saturated rings. The van der Waals surface area contributed by atoms with Gasteiger partial charge in [0.2, 0.25) is 0 Å². The van der Waals surface area contributed by atoms with Crippen molar-refractivity contribution in [3.8, 4) is 0 Å². The van der Waals surface area contributed by atoms with Crippen molar-refractivity contribution in [2.24, 2.45) is 5.84 Å². The lowest BCUT2D eigenvalue weighted by Gasteiger charge is -2.35. The lowest BCUT2D eigenvalue weighted by atomic mass is 9.89. The fraction of sp³-hybridized carbons (Fsp3) is 0.833. The summed E-state index contributed by atoms with van der Waals surface area (Å²) < 4.78 is 5.10.